The first kappa shape index (κ1) is 48.8. The predicted octanol–water partition coefficient (Wildman–Crippen LogP) is 8.42. The van der Waals surface area contributed by atoms with Gasteiger partial charge in [0.2, 0.25) is 5.78 Å². The number of imidazole rings is 2. The minimum Gasteiger partial charge on any atom is -0.466 e. The number of fused-ring (bicyclic) bond motifs is 2. The topological polar surface area (TPSA) is 207 Å². The van der Waals surface area contributed by atoms with Crippen molar-refractivity contribution in [3.05, 3.63) is 181 Å². The Balaban J connectivity index is 0.000000192. The molecule has 8 aromatic rings. The van der Waals surface area contributed by atoms with Gasteiger partial charge in [-0.15, -0.1) is 0 Å². The highest BCUT2D eigenvalue weighted by Gasteiger charge is 2.34. The lowest BCUT2D eigenvalue weighted by Crippen LogP contribution is -2.28. The summed E-state index contributed by atoms with van der Waals surface area (Å²) in [5, 5.41) is 0. The van der Waals surface area contributed by atoms with Gasteiger partial charge in [-0.05, 0) is 112 Å². The second kappa shape index (κ2) is 23.5. The lowest BCUT2D eigenvalue weighted by Gasteiger charge is -2.14. The smallest absolute Gasteiger partial charge is 0.316 e. The number of nitrogens with zero attached hydrogens (tertiary/aromatic N) is 8. The summed E-state index contributed by atoms with van der Waals surface area (Å²) in [5.41, 5.74) is 6.83. The number of Topliss-reactive ketones (excluding diaryl/α,β-unsaturated/α-hetero) is 3. The number of hydrogen-bond donors (Lipinski definition) is 0. The van der Waals surface area contributed by atoms with Gasteiger partial charge in [-0.2, -0.15) is 0 Å². The third kappa shape index (κ3) is 11.8. The van der Waals surface area contributed by atoms with Crippen LogP contribution in [-0.4, -0.2) is 87.0 Å². The molecule has 0 amide bonds. The molecule has 0 radical (unpaired) electrons. The van der Waals surface area contributed by atoms with Gasteiger partial charge in [-0.1, -0.05) is 30.8 Å². The zero-order chi connectivity index (χ0) is 48.6. The van der Waals surface area contributed by atoms with E-state index in [1.165, 1.54) is 6.08 Å². The van der Waals surface area contributed by atoms with Crippen LogP contribution in [0.5, 0.6) is 0 Å². The summed E-state index contributed by atoms with van der Waals surface area (Å²) >= 11 is 0. The van der Waals surface area contributed by atoms with Crippen LogP contribution in [0, 0.1) is 19.8 Å². The Hall–Kier alpha value is -8.66. The molecular weight excluding hydrogens is 865 g/mol. The molecule has 344 valence electrons. The summed E-state index contributed by atoms with van der Waals surface area (Å²) in [7, 11) is 0. The van der Waals surface area contributed by atoms with Gasteiger partial charge in [0, 0.05) is 67.1 Å². The number of aryl methyl sites for hydroxylation is 2. The average Bonchev–Trinajstić information content (AvgIpc) is 3.95. The molecule has 0 fully saturated rings. The average molecular weight is 913 g/mol. The highest BCUT2D eigenvalue weighted by atomic mass is 16.5. The molecule has 0 N–H and O–H groups in total. The van der Waals surface area contributed by atoms with Gasteiger partial charge in [-0.25, -0.2) is 9.97 Å². The number of esters is 2. The summed E-state index contributed by atoms with van der Waals surface area (Å²) in [4.78, 5) is 99.5. The Morgan fingerprint density at radius 3 is 1.63 bits per heavy atom. The fourth-order valence-electron chi connectivity index (χ4n) is 7.13. The molecule has 68 heavy (non-hydrogen) atoms. The Labute approximate surface area is 391 Å². The summed E-state index contributed by atoms with van der Waals surface area (Å²) in [5.74, 6) is -3.59. The first-order valence-electron chi connectivity index (χ1n) is 21.6. The van der Waals surface area contributed by atoms with E-state index in [0.717, 1.165) is 22.3 Å². The highest BCUT2D eigenvalue weighted by molar-refractivity contribution is 6.11. The molecule has 8 aromatic heterocycles. The zero-order valence-electron chi connectivity index (χ0n) is 37.9. The van der Waals surface area contributed by atoms with Crippen molar-refractivity contribution in [3.8, 4) is 22.5 Å². The SMILES string of the molecule is C=CC(=O)c1ncccc1C.CCOC(=O)C(CCC(=O)c1ncccc1C)C(=O)c1nc2ccccn2c1-c1ccncc1.CCOC(=O)CC(=O)c1nc2ccccn2c1-c1ccncc1. The number of carbonyl (C=O) groups is 6. The third-order valence-electron chi connectivity index (χ3n) is 10.3. The van der Waals surface area contributed by atoms with Gasteiger partial charge in [0.1, 0.15) is 46.4 Å². The van der Waals surface area contributed by atoms with Gasteiger partial charge in [0.15, 0.2) is 17.3 Å². The normalized spacial score (nSPS) is 11.0. The minimum absolute atomic E-state index is 0.00380. The van der Waals surface area contributed by atoms with Crippen molar-refractivity contribution in [3.63, 3.8) is 0 Å². The zero-order valence-corrected chi connectivity index (χ0v) is 37.9. The van der Waals surface area contributed by atoms with Gasteiger partial charge >= 0.3 is 11.9 Å². The second-order valence-corrected chi connectivity index (χ2v) is 14.9. The van der Waals surface area contributed by atoms with Crippen LogP contribution in [0.4, 0.5) is 0 Å². The number of rotatable bonds is 16. The molecule has 0 aliphatic heterocycles. The lowest BCUT2D eigenvalue weighted by molar-refractivity contribution is -0.146. The molecule has 8 heterocycles. The fourth-order valence-corrected chi connectivity index (χ4v) is 7.13. The van der Waals surface area contributed by atoms with Crippen LogP contribution in [0.3, 0.4) is 0 Å². The molecule has 8 rings (SSSR count). The number of aromatic nitrogens is 8. The van der Waals surface area contributed by atoms with E-state index in [2.05, 4.69) is 36.5 Å². The summed E-state index contributed by atoms with van der Waals surface area (Å²) < 4.78 is 13.7. The molecule has 0 saturated heterocycles. The van der Waals surface area contributed by atoms with Crippen molar-refractivity contribution in [2.45, 2.75) is 47.0 Å². The quantitative estimate of drug-likeness (QED) is 0.0386. The lowest BCUT2D eigenvalue weighted by atomic mass is 9.92. The van der Waals surface area contributed by atoms with E-state index in [9.17, 15) is 28.8 Å². The molecule has 0 bridgehead atoms. The monoisotopic (exact) mass is 912 g/mol. The maximum atomic E-state index is 13.7. The molecule has 0 saturated carbocycles. The van der Waals surface area contributed by atoms with Crippen LogP contribution in [0.15, 0.2) is 147 Å². The van der Waals surface area contributed by atoms with Crippen LogP contribution >= 0.6 is 0 Å². The second-order valence-electron chi connectivity index (χ2n) is 14.9. The molecule has 0 aromatic carbocycles. The largest absolute Gasteiger partial charge is 0.466 e. The Morgan fingerprint density at radius 2 is 1.12 bits per heavy atom. The Kier molecular flexibility index (Phi) is 16.9. The van der Waals surface area contributed by atoms with Crippen LogP contribution in [0.1, 0.15) is 86.2 Å². The molecule has 0 spiro atoms. The van der Waals surface area contributed by atoms with E-state index in [1.54, 1.807) is 111 Å². The Bertz CT molecular complexity index is 3090. The van der Waals surface area contributed by atoms with Crippen molar-refractivity contribution in [2.75, 3.05) is 13.2 Å². The molecule has 1 unspecified atom stereocenters. The van der Waals surface area contributed by atoms with Gasteiger partial charge in [-0.3, -0.25) is 57.5 Å². The standard InChI is InChI=1S/C26H24N4O4.C17H15N3O3.C9H9NO/c1-3-34-26(33)19(9-10-20(31)22-17(2)7-6-13-28-22)25(32)23-24(18-11-14-27-15-12-18)30-16-5-4-8-21(30)29-23;1-2-23-15(22)11-13(21)16-17(12-6-8-18-9-7-12)20-10-4-3-5-14(20)19-16;1-3-8(11)9-7(2)5-4-6-10-9/h4-8,11-16,19H,3,9-10H2,1-2H3;3-10H,2,11H2,1H3;3-6H,1H2,2H3. The van der Waals surface area contributed by atoms with Crippen LogP contribution in [-0.2, 0) is 19.1 Å². The molecule has 0 aliphatic rings. The van der Waals surface area contributed by atoms with E-state index < -0.39 is 23.6 Å². The molecule has 16 heteroatoms. The van der Waals surface area contributed by atoms with Crippen LogP contribution in [0.2, 0.25) is 0 Å². The van der Waals surface area contributed by atoms with Crippen LogP contribution < -0.4 is 0 Å². The van der Waals surface area contributed by atoms with Gasteiger partial charge in [0.05, 0.1) is 24.6 Å². The first-order chi connectivity index (χ1) is 33.0. The maximum Gasteiger partial charge on any atom is 0.316 e. The molecule has 16 nitrogen and oxygen atoms in total. The van der Waals surface area contributed by atoms with Crippen molar-refractivity contribution >= 4 is 46.4 Å². The Morgan fingerprint density at radius 1 is 0.603 bits per heavy atom. The summed E-state index contributed by atoms with van der Waals surface area (Å²) in [6.45, 7) is 10.8. The summed E-state index contributed by atoms with van der Waals surface area (Å²) in [6.07, 6.45) is 14.3. The van der Waals surface area contributed by atoms with Crippen molar-refractivity contribution in [1.82, 2.24) is 38.7 Å². The van der Waals surface area contributed by atoms with Crippen LogP contribution in [0.25, 0.3) is 33.8 Å². The van der Waals surface area contributed by atoms with E-state index in [-0.39, 0.29) is 61.2 Å². The predicted molar refractivity (Wildman–Crippen MR) is 253 cm³/mol. The number of pyridine rings is 6. The van der Waals surface area contributed by atoms with Crippen molar-refractivity contribution in [1.29, 1.82) is 0 Å². The maximum absolute atomic E-state index is 13.7. The highest BCUT2D eigenvalue weighted by Crippen LogP contribution is 2.29. The summed E-state index contributed by atoms with van der Waals surface area (Å²) in [6, 6.07) is 25.3. The van der Waals surface area contributed by atoms with E-state index in [1.807, 2.05) is 60.1 Å². The first-order valence-corrected chi connectivity index (χ1v) is 21.6. The number of allylic oxidation sites excluding steroid dienone is 1. The van der Waals surface area contributed by atoms with Gasteiger partial charge in [0.25, 0.3) is 0 Å². The number of ether oxygens (including phenoxy) is 2. The molecular formula is C52H48N8O8. The minimum atomic E-state index is -1.17. The molecule has 1 atom stereocenters. The fraction of sp³-hybridized carbons (Fsp3) is 0.192. The number of hydrogen-bond acceptors (Lipinski definition) is 14. The third-order valence-corrected chi connectivity index (χ3v) is 10.3. The van der Waals surface area contributed by atoms with Gasteiger partial charge < -0.3 is 9.47 Å². The van der Waals surface area contributed by atoms with E-state index in [4.69, 9.17) is 9.47 Å². The van der Waals surface area contributed by atoms with Crippen molar-refractivity contribution < 1.29 is 38.2 Å². The molecule has 0 aliphatic carbocycles. The number of ketones is 4. The van der Waals surface area contributed by atoms with E-state index in [0.29, 0.717) is 34.1 Å². The van der Waals surface area contributed by atoms with E-state index >= 15 is 0 Å². The van der Waals surface area contributed by atoms with Crippen molar-refractivity contribution in [2.24, 2.45) is 5.92 Å². The number of carbonyl (C=O) groups excluding carboxylic acids is 6.